The average Bonchev–Trinajstić information content (AvgIpc) is 3.44. The van der Waals surface area contributed by atoms with Gasteiger partial charge in [-0.3, -0.25) is 4.79 Å². The Bertz CT molecular complexity index is 874. The van der Waals surface area contributed by atoms with Gasteiger partial charge in [-0.2, -0.15) is 0 Å². The number of fused-ring (bicyclic) bond motifs is 1. The van der Waals surface area contributed by atoms with Gasteiger partial charge in [-0.05, 0) is 37.8 Å². The van der Waals surface area contributed by atoms with Crippen molar-refractivity contribution < 1.29 is 19.4 Å². The number of unbranched alkanes of at least 4 members (excludes halogenated alkanes) is 3. The van der Waals surface area contributed by atoms with Gasteiger partial charge in [-0.15, -0.1) is 0 Å². The van der Waals surface area contributed by atoms with E-state index in [4.69, 9.17) is 5.11 Å². The lowest BCUT2D eigenvalue weighted by Gasteiger charge is -2.14. The van der Waals surface area contributed by atoms with E-state index in [9.17, 15) is 19.1 Å². The first-order valence-corrected chi connectivity index (χ1v) is 8.99. The lowest BCUT2D eigenvalue weighted by atomic mass is 10.1. The Balaban J connectivity index is 1.89. The molecule has 3 N–H and O–H groups in total. The van der Waals surface area contributed by atoms with Gasteiger partial charge in [0.05, 0.1) is 11.2 Å². The van der Waals surface area contributed by atoms with Gasteiger partial charge in [-0.25, -0.2) is 9.18 Å². The lowest BCUT2D eigenvalue weighted by Crippen LogP contribution is -2.19. The van der Waals surface area contributed by atoms with Crippen LogP contribution < -0.4 is 10.7 Å². The van der Waals surface area contributed by atoms with Crippen molar-refractivity contribution in [3.05, 3.63) is 39.9 Å². The van der Waals surface area contributed by atoms with Crippen molar-refractivity contribution >= 4 is 22.6 Å². The molecule has 1 saturated carbocycles. The van der Waals surface area contributed by atoms with E-state index >= 15 is 0 Å². The number of benzene rings is 1. The van der Waals surface area contributed by atoms with Crippen LogP contribution in [0, 0.1) is 5.82 Å². The topological polar surface area (TPSA) is 91.6 Å². The van der Waals surface area contributed by atoms with Crippen LogP contribution in [0.5, 0.6) is 0 Å². The zero-order valence-electron chi connectivity index (χ0n) is 14.5. The van der Waals surface area contributed by atoms with Gasteiger partial charge < -0.3 is 20.1 Å². The van der Waals surface area contributed by atoms with E-state index in [0.29, 0.717) is 17.7 Å². The van der Waals surface area contributed by atoms with E-state index in [1.165, 1.54) is 6.20 Å². The van der Waals surface area contributed by atoms with E-state index in [1.807, 2.05) is 0 Å². The molecule has 1 aliphatic carbocycles. The van der Waals surface area contributed by atoms with Crippen molar-refractivity contribution in [3.63, 3.8) is 0 Å². The maximum atomic E-state index is 14.4. The SMILES string of the molecule is O=C(O)c1cn(C2CC2)c2cc(NCCCCCCO)c(F)cc2c1=O. The summed E-state index contributed by atoms with van der Waals surface area (Å²) in [5.41, 5.74) is -0.101. The number of halogens is 1. The molecule has 1 aromatic heterocycles. The number of carboxylic acid groups (broad SMARTS) is 1. The number of aromatic nitrogens is 1. The number of nitrogens with zero attached hydrogens (tertiary/aromatic N) is 1. The van der Waals surface area contributed by atoms with E-state index in [1.54, 1.807) is 10.6 Å². The molecule has 2 aromatic rings. The number of carboxylic acids is 1. The first-order chi connectivity index (χ1) is 12.5. The summed E-state index contributed by atoms with van der Waals surface area (Å²) in [5, 5.41) is 21.2. The number of nitrogens with one attached hydrogen (secondary N) is 1. The first-order valence-electron chi connectivity index (χ1n) is 8.99. The van der Waals surface area contributed by atoms with Crippen molar-refractivity contribution in [2.45, 2.75) is 44.6 Å². The zero-order valence-corrected chi connectivity index (χ0v) is 14.5. The number of hydrogen-bond donors (Lipinski definition) is 3. The minimum absolute atomic E-state index is 0.0998. The summed E-state index contributed by atoms with van der Waals surface area (Å²) in [4.78, 5) is 23.7. The quantitative estimate of drug-likeness (QED) is 0.596. The second-order valence-corrected chi connectivity index (χ2v) is 6.73. The number of carbonyl (C=O) groups is 1. The molecule has 7 heteroatoms. The third kappa shape index (κ3) is 3.88. The van der Waals surface area contributed by atoms with Gasteiger partial charge in [0.2, 0.25) is 5.43 Å². The van der Waals surface area contributed by atoms with E-state index in [2.05, 4.69) is 5.32 Å². The molecule has 0 aliphatic heterocycles. The number of aliphatic hydroxyl groups excluding tert-OH is 1. The molecule has 0 bridgehead atoms. The van der Waals surface area contributed by atoms with Crippen LogP contribution in [-0.2, 0) is 0 Å². The summed E-state index contributed by atoms with van der Waals surface area (Å²) in [6, 6.07) is 2.90. The molecule has 26 heavy (non-hydrogen) atoms. The van der Waals surface area contributed by atoms with Crippen molar-refractivity contribution in [3.8, 4) is 0 Å². The smallest absolute Gasteiger partial charge is 0.341 e. The first kappa shape index (κ1) is 18.4. The highest BCUT2D eigenvalue weighted by molar-refractivity contribution is 5.93. The van der Waals surface area contributed by atoms with E-state index in [-0.39, 0.29) is 23.6 Å². The maximum absolute atomic E-state index is 14.4. The molecule has 140 valence electrons. The molecule has 0 saturated heterocycles. The summed E-state index contributed by atoms with van der Waals surface area (Å²) < 4.78 is 16.2. The van der Waals surface area contributed by atoms with Crippen LogP contribution in [0.2, 0.25) is 0 Å². The number of aromatic carboxylic acids is 1. The number of pyridine rings is 1. The third-order valence-electron chi connectivity index (χ3n) is 4.69. The Morgan fingerprint density at radius 1 is 1.23 bits per heavy atom. The average molecular weight is 362 g/mol. The molecule has 1 aliphatic rings. The summed E-state index contributed by atoms with van der Waals surface area (Å²) >= 11 is 0. The van der Waals surface area contributed by atoms with Gasteiger partial charge in [0.15, 0.2) is 0 Å². The fraction of sp³-hybridized carbons (Fsp3) is 0.474. The Morgan fingerprint density at radius 2 is 1.96 bits per heavy atom. The Hall–Kier alpha value is -2.41. The Labute approximate surface area is 150 Å². The van der Waals surface area contributed by atoms with E-state index in [0.717, 1.165) is 44.6 Å². The molecule has 1 heterocycles. The number of hydrogen-bond acceptors (Lipinski definition) is 4. The predicted molar refractivity (Wildman–Crippen MR) is 97.4 cm³/mol. The van der Waals surface area contributed by atoms with Crippen LogP contribution in [0.4, 0.5) is 10.1 Å². The van der Waals surface area contributed by atoms with Gasteiger partial charge in [0.1, 0.15) is 11.4 Å². The Kier molecular flexibility index (Phi) is 5.56. The second-order valence-electron chi connectivity index (χ2n) is 6.73. The molecular formula is C19H23FN2O4. The minimum atomic E-state index is -1.29. The number of aliphatic hydroxyl groups is 1. The predicted octanol–water partition coefficient (Wildman–Crippen LogP) is 3.14. The molecule has 0 unspecified atom stereocenters. The number of rotatable bonds is 9. The largest absolute Gasteiger partial charge is 0.477 e. The third-order valence-corrected chi connectivity index (χ3v) is 4.69. The normalized spacial score (nSPS) is 13.9. The molecule has 0 amide bonds. The van der Waals surface area contributed by atoms with Crippen LogP contribution in [0.25, 0.3) is 10.9 Å². The van der Waals surface area contributed by atoms with Crippen molar-refractivity contribution in [2.75, 3.05) is 18.5 Å². The van der Waals surface area contributed by atoms with Crippen LogP contribution in [0.3, 0.4) is 0 Å². The van der Waals surface area contributed by atoms with Crippen LogP contribution in [0.15, 0.2) is 23.1 Å². The van der Waals surface area contributed by atoms with Crippen LogP contribution >= 0.6 is 0 Å². The Morgan fingerprint density at radius 3 is 2.62 bits per heavy atom. The van der Waals surface area contributed by atoms with Crippen molar-refractivity contribution in [1.29, 1.82) is 0 Å². The molecule has 6 nitrogen and oxygen atoms in total. The molecule has 0 radical (unpaired) electrons. The highest BCUT2D eigenvalue weighted by atomic mass is 19.1. The highest BCUT2D eigenvalue weighted by Crippen LogP contribution is 2.37. The van der Waals surface area contributed by atoms with Gasteiger partial charge >= 0.3 is 5.97 Å². The summed E-state index contributed by atoms with van der Waals surface area (Å²) in [5.74, 6) is -1.85. The minimum Gasteiger partial charge on any atom is -0.477 e. The summed E-state index contributed by atoms with van der Waals surface area (Å²) in [6.45, 7) is 0.776. The van der Waals surface area contributed by atoms with Gasteiger partial charge in [0, 0.05) is 30.8 Å². The van der Waals surface area contributed by atoms with Crippen LogP contribution in [-0.4, -0.2) is 33.9 Å². The lowest BCUT2D eigenvalue weighted by molar-refractivity contribution is 0.0695. The maximum Gasteiger partial charge on any atom is 0.341 e. The van der Waals surface area contributed by atoms with Crippen molar-refractivity contribution in [1.82, 2.24) is 4.57 Å². The molecular weight excluding hydrogens is 339 g/mol. The monoisotopic (exact) mass is 362 g/mol. The summed E-state index contributed by atoms with van der Waals surface area (Å²) in [7, 11) is 0. The summed E-state index contributed by atoms with van der Waals surface area (Å²) in [6.07, 6.45) is 6.70. The molecule has 0 spiro atoms. The van der Waals surface area contributed by atoms with E-state index < -0.39 is 17.2 Å². The van der Waals surface area contributed by atoms with Gasteiger partial charge in [0.25, 0.3) is 0 Å². The van der Waals surface area contributed by atoms with Crippen LogP contribution in [0.1, 0.15) is 54.9 Å². The fourth-order valence-corrected chi connectivity index (χ4v) is 3.13. The fourth-order valence-electron chi connectivity index (χ4n) is 3.13. The second kappa shape index (κ2) is 7.86. The molecule has 1 fully saturated rings. The molecule has 0 atom stereocenters. The molecule has 3 rings (SSSR count). The highest BCUT2D eigenvalue weighted by Gasteiger charge is 2.27. The van der Waals surface area contributed by atoms with Crippen molar-refractivity contribution in [2.24, 2.45) is 0 Å². The standard InChI is InChI=1S/C19H23FN2O4/c20-15-9-13-17(10-16(15)21-7-3-1-2-4-8-23)22(12-5-6-12)11-14(18(13)24)19(25)26/h9-12,21,23H,1-8H2,(H,25,26). The van der Waals surface area contributed by atoms with Gasteiger partial charge in [-0.1, -0.05) is 12.8 Å². The molecule has 1 aromatic carbocycles. The number of anilines is 1. The zero-order chi connectivity index (χ0) is 18.7.